The monoisotopic (exact) mass is 519 g/mol. The smallest absolute Gasteiger partial charge is 0.416 e. The first-order valence-electron chi connectivity index (χ1n) is 11.4. The number of esters is 1. The number of rotatable bonds is 10. The Balaban J connectivity index is 1.97. The summed E-state index contributed by atoms with van der Waals surface area (Å²) in [5.41, 5.74) is -1.59. The summed E-state index contributed by atoms with van der Waals surface area (Å²) in [4.78, 5) is 24.5. The van der Waals surface area contributed by atoms with E-state index in [1.165, 1.54) is 22.8 Å². The third kappa shape index (κ3) is 6.41. The molecule has 37 heavy (non-hydrogen) atoms. The van der Waals surface area contributed by atoms with Gasteiger partial charge >= 0.3 is 17.8 Å². The van der Waals surface area contributed by atoms with E-state index in [1.54, 1.807) is 45.9 Å². The number of carbonyl (C=O) groups excluding carboxylic acids is 1. The van der Waals surface area contributed by atoms with E-state index in [0.29, 0.717) is 22.6 Å². The van der Waals surface area contributed by atoms with Gasteiger partial charge < -0.3 is 14.2 Å². The second-order valence-electron chi connectivity index (χ2n) is 8.66. The molecule has 0 saturated carbocycles. The van der Waals surface area contributed by atoms with Crippen molar-refractivity contribution in [2.45, 2.75) is 52.1 Å². The molecule has 0 bridgehead atoms. The molecule has 1 heterocycles. The van der Waals surface area contributed by atoms with Crippen molar-refractivity contribution in [2.75, 3.05) is 6.61 Å². The van der Waals surface area contributed by atoms with Gasteiger partial charge in [-0.2, -0.15) is 18.3 Å². The number of nitrogens with one attached hydrogen (secondary N) is 1. The van der Waals surface area contributed by atoms with Gasteiger partial charge in [-0.05, 0) is 63.6 Å². The Morgan fingerprint density at radius 2 is 1.86 bits per heavy atom. The van der Waals surface area contributed by atoms with E-state index in [1.807, 2.05) is 0 Å². The molecule has 198 valence electrons. The Morgan fingerprint density at radius 3 is 2.43 bits per heavy atom. The molecule has 2 aromatic carbocycles. The summed E-state index contributed by atoms with van der Waals surface area (Å²) in [5.74, 6) is 0.394. The molecule has 3 aromatic rings. The Morgan fingerprint density at radius 1 is 1.19 bits per heavy atom. The third-order valence-electron chi connectivity index (χ3n) is 5.41. The number of aryl methyl sites for hydroxylation is 1. The number of halogens is 3. The van der Waals surface area contributed by atoms with Gasteiger partial charge in [0.2, 0.25) is 0 Å². The molecule has 1 N–H and O–H groups in total. The molecule has 3 rings (SSSR count). The minimum Gasteiger partial charge on any atom is -0.478 e. The number of hydrogen-bond acceptors (Lipinski definition) is 6. The Labute approximate surface area is 211 Å². The summed E-state index contributed by atoms with van der Waals surface area (Å²) in [6.45, 7) is 10.6. The van der Waals surface area contributed by atoms with Crippen LogP contribution in [0.15, 0.2) is 59.9 Å². The SMILES string of the molecule is C=CCn1c(C(Oc2ccc(OC(C)(C)C(=O)OCC)c(C)c2)c2ccc(C(F)(F)F)cc2)n[nH]c1=O. The van der Waals surface area contributed by atoms with Gasteiger partial charge in [0.15, 0.2) is 17.5 Å². The van der Waals surface area contributed by atoms with Crippen molar-refractivity contribution in [1.29, 1.82) is 0 Å². The lowest BCUT2D eigenvalue weighted by Gasteiger charge is -2.25. The molecular weight excluding hydrogens is 491 g/mol. The molecule has 0 fully saturated rings. The van der Waals surface area contributed by atoms with Gasteiger partial charge in [0, 0.05) is 12.1 Å². The second-order valence-corrected chi connectivity index (χ2v) is 8.66. The molecule has 8 nitrogen and oxygen atoms in total. The van der Waals surface area contributed by atoms with Crippen LogP contribution in [0.5, 0.6) is 11.5 Å². The largest absolute Gasteiger partial charge is 0.478 e. The van der Waals surface area contributed by atoms with Crippen LogP contribution in [0.3, 0.4) is 0 Å². The molecule has 0 amide bonds. The number of H-pyrrole nitrogens is 1. The number of nitrogens with zero attached hydrogens (tertiary/aromatic N) is 2. The number of alkyl halides is 3. The lowest BCUT2D eigenvalue weighted by molar-refractivity contribution is -0.158. The summed E-state index contributed by atoms with van der Waals surface area (Å²) >= 11 is 0. The summed E-state index contributed by atoms with van der Waals surface area (Å²) in [6.07, 6.45) is -4.04. The fraction of sp³-hybridized carbons (Fsp3) is 0.346. The Hall–Kier alpha value is -4.02. The number of allylic oxidation sites excluding steroid dienone is 1. The van der Waals surface area contributed by atoms with Gasteiger partial charge in [0.05, 0.1) is 12.2 Å². The zero-order valence-electron chi connectivity index (χ0n) is 20.9. The summed E-state index contributed by atoms with van der Waals surface area (Å²) in [6, 6.07) is 9.27. The Kier molecular flexibility index (Phi) is 8.15. The molecular formula is C26H28F3N3O5. The normalized spacial score (nSPS) is 12.6. The number of carbonyl (C=O) groups is 1. The van der Waals surface area contributed by atoms with E-state index >= 15 is 0 Å². The molecule has 0 radical (unpaired) electrons. The summed E-state index contributed by atoms with van der Waals surface area (Å²) in [5, 5.41) is 6.40. The topological polar surface area (TPSA) is 95.4 Å². The fourth-order valence-corrected chi connectivity index (χ4v) is 3.52. The highest BCUT2D eigenvalue weighted by atomic mass is 19.4. The van der Waals surface area contributed by atoms with Gasteiger partial charge in [-0.1, -0.05) is 18.2 Å². The highest BCUT2D eigenvalue weighted by Crippen LogP contribution is 2.34. The van der Waals surface area contributed by atoms with E-state index in [4.69, 9.17) is 14.2 Å². The van der Waals surface area contributed by atoms with Crippen LogP contribution in [-0.4, -0.2) is 32.9 Å². The number of hydrogen-bond donors (Lipinski definition) is 1. The maximum absolute atomic E-state index is 13.1. The lowest BCUT2D eigenvalue weighted by Crippen LogP contribution is -2.39. The van der Waals surface area contributed by atoms with Crippen molar-refractivity contribution in [1.82, 2.24) is 14.8 Å². The van der Waals surface area contributed by atoms with Crippen molar-refractivity contribution in [3.05, 3.63) is 88.1 Å². The van der Waals surface area contributed by atoms with Crippen LogP contribution >= 0.6 is 0 Å². The molecule has 11 heteroatoms. The van der Waals surface area contributed by atoms with Crippen molar-refractivity contribution in [2.24, 2.45) is 0 Å². The van der Waals surface area contributed by atoms with E-state index in [2.05, 4.69) is 16.8 Å². The van der Waals surface area contributed by atoms with Crippen molar-refractivity contribution < 1.29 is 32.2 Å². The van der Waals surface area contributed by atoms with Crippen molar-refractivity contribution in [3.8, 4) is 11.5 Å². The van der Waals surface area contributed by atoms with Crippen LogP contribution in [0.2, 0.25) is 0 Å². The maximum atomic E-state index is 13.1. The van der Waals surface area contributed by atoms with Gasteiger partial charge in [-0.3, -0.25) is 4.57 Å². The van der Waals surface area contributed by atoms with Crippen LogP contribution in [0.25, 0.3) is 0 Å². The first-order chi connectivity index (χ1) is 17.4. The molecule has 1 atom stereocenters. The van der Waals surface area contributed by atoms with E-state index in [-0.39, 0.29) is 19.0 Å². The highest BCUT2D eigenvalue weighted by molar-refractivity contribution is 5.79. The van der Waals surface area contributed by atoms with E-state index in [0.717, 1.165) is 12.1 Å². The van der Waals surface area contributed by atoms with Crippen LogP contribution in [0.4, 0.5) is 13.2 Å². The van der Waals surface area contributed by atoms with Gasteiger partial charge in [0.25, 0.3) is 0 Å². The van der Waals surface area contributed by atoms with E-state index in [9.17, 15) is 22.8 Å². The highest BCUT2D eigenvalue weighted by Gasteiger charge is 2.33. The quantitative estimate of drug-likeness (QED) is 0.300. The van der Waals surface area contributed by atoms with Gasteiger partial charge in [-0.25, -0.2) is 14.7 Å². The molecule has 1 aromatic heterocycles. The minimum atomic E-state index is -4.50. The van der Waals surface area contributed by atoms with E-state index < -0.39 is 35.1 Å². The average molecular weight is 520 g/mol. The molecule has 0 aliphatic carbocycles. The number of aromatic amines is 1. The van der Waals surface area contributed by atoms with Crippen LogP contribution in [0.1, 0.15) is 49.4 Å². The van der Waals surface area contributed by atoms with Crippen molar-refractivity contribution in [3.63, 3.8) is 0 Å². The second kappa shape index (κ2) is 10.9. The average Bonchev–Trinajstić information content (AvgIpc) is 3.19. The maximum Gasteiger partial charge on any atom is 0.416 e. The standard InChI is InChI=1S/C26H28F3N3O5/c1-6-14-32-22(30-31-24(32)34)21(17-8-10-18(11-9-17)26(27,28)29)36-19-12-13-20(16(3)15-19)37-25(4,5)23(33)35-7-2/h6,8-13,15,21H,1,7,14H2,2-5H3,(H,31,34). The Bertz CT molecular complexity index is 1310. The third-order valence-corrected chi connectivity index (χ3v) is 5.41. The zero-order valence-corrected chi connectivity index (χ0v) is 20.9. The molecule has 0 spiro atoms. The number of aromatic nitrogens is 3. The number of benzene rings is 2. The predicted octanol–water partition coefficient (Wildman–Crippen LogP) is 4.97. The predicted molar refractivity (Wildman–Crippen MR) is 129 cm³/mol. The minimum absolute atomic E-state index is 0.111. The fourth-order valence-electron chi connectivity index (χ4n) is 3.52. The molecule has 1 unspecified atom stereocenters. The van der Waals surface area contributed by atoms with Crippen LogP contribution in [0, 0.1) is 6.92 Å². The van der Waals surface area contributed by atoms with Crippen LogP contribution < -0.4 is 15.2 Å². The summed E-state index contributed by atoms with van der Waals surface area (Å²) < 4.78 is 57.7. The lowest BCUT2D eigenvalue weighted by atomic mass is 10.1. The van der Waals surface area contributed by atoms with Gasteiger partial charge in [0.1, 0.15) is 11.5 Å². The first kappa shape index (κ1) is 27.6. The molecule has 0 aliphatic rings. The first-order valence-corrected chi connectivity index (χ1v) is 11.4. The summed E-state index contributed by atoms with van der Waals surface area (Å²) in [7, 11) is 0. The van der Waals surface area contributed by atoms with Crippen LogP contribution in [-0.2, 0) is 22.3 Å². The number of ether oxygens (including phenoxy) is 3. The van der Waals surface area contributed by atoms with Crippen molar-refractivity contribution >= 4 is 5.97 Å². The van der Waals surface area contributed by atoms with Gasteiger partial charge in [-0.15, -0.1) is 6.58 Å². The zero-order chi connectivity index (χ0) is 27.4. The molecule has 0 aliphatic heterocycles. The molecule has 0 saturated heterocycles.